The number of carboxylic acid groups (broad SMARTS) is 1. The maximum Gasteiger partial charge on any atom is 0.462 e. The van der Waals surface area contributed by atoms with Crippen LogP contribution in [-0.2, 0) is 6.61 Å². The van der Waals surface area contributed by atoms with Crippen LogP contribution in [0.4, 0.5) is 30.7 Å². The molecule has 0 aliphatic rings. The number of hydrogen-bond donors (Lipinski definition) is 2. The molecule has 2 rings (SSSR count). The van der Waals surface area contributed by atoms with Gasteiger partial charge in [0.1, 0.15) is 12.4 Å². The van der Waals surface area contributed by atoms with Gasteiger partial charge >= 0.3 is 24.1 Å². The number of halogens is 7. The Morgan fingerprint density at radius 1 is 0.967 bits per heavy atom. The highest BCUT2D eigenvalue weighted by atomic mass is 19.4. The van der Waals surface area contributed by atoms with Gasteiger partial charge in [0, 0.05) is 0 Å². The van der Waals surface area contributed by atoms with Gasteiger partial charge in [-0.3, -0.25) is 0 Å². The molecule has 162 valence electrons. The number of hydrazone groups is 1. The first-order chi connectivity index (χ1) is 13.8. The Bertz CT molecular complexity index is 895. The van der Waals surface area contributed by atoms with E-state index in [1.807, 2.05) is 0 Å². The molecule has 2 aromatic rings. The van der Waals surface area contributed by atoms with Gasteiger partial charge in [0.2, 0.25) is 0 Å². The molecule has 12 heteroatoms. The van der Waals surface area contributed by atoms with Gasteiger partial charge in [-0.05, 0) is 47.5 Å². The molecule has 0 saturated carbocycles. The number of carboxylic acids is 1. The fourth-order valence-corrected chi connectivity index (χ4v) is 2.00. The van der Waals surface area contributed by atoms with Crippen molar-refractivity contribution in [3.05, 3.63) is 65.2 Å². The predicted molar refractivity (Wildman–Crippen MR) is 90.9 cm³/mol. The number of rotatable bonds is 8. The van der Waals surface area contributed by atoms with E-state index in [0.717, 1.165) is 0 Å². The third-order valence-corrected chi connectivity index (χ3v) is 3.66. The quantitative estimate of drug-likeness (QED) is 0.272. The molecule has 0 aliphatic heterocycles. The Labute approximate surface area is 164 Å². The lowest BCUT2D eigenvalue weighted by Crippen LogP contribution is -2.58. The van der Waals surface area contributed by atoms with Gasteiger partial charge in [-0.15, -0.1) is 0 Å². The van der Waals surface area contributed by atoms with Crippen molar-refractivity contribution in [1.82, 2.24) is 5.43 Å². The van der Waals surface area contributed by atoms with E-state index in [9.17, 15) is 35.5 Å². The summed E-state index contributed by atoms with van der Waals surface area (Å²) in [4.78, 5) is 10.8. The van der Waals surface area contributed by atoms with Crippen LogP contribution < -0.4 is 10.2 Å². The topological polar surface area (TPSA) is 70.9 Å². The molecule has 0 amide bonds. The van der Waals surface area contributed by atoms with E-state index in [2.05, 4.69) is 5.10 Å². The van der Waals surface area contributed by atoms with E-state index < -0.39 is 24.1 Å². The number of ether oxygens (including phenoxy) is 1. The van der Waals surface area contributed by atoms with Crippen LogP contribution in [-0.4, -0.2) is 35.4 Å². The molecule has 0 atom stereocenters. The molecule has 0 spiro atoms. The molecule has 0 heterocycles. The largest absolute Gasteiger partial charge is 0.489 e. The maximum absolute atomic E-state index is 13.0. The van der Waals surface area contributed by atoms with E-state index in [4.69, 9.17) is 9.84 Å². The second kappa shape index (κ2) is 8.59. The molecule has 0 bridgehead atoms. The first-order valence-electron chi connectivity index (χ1n) is 8.01. The predicted octanol–water partition coefficient (Wildman–Crippen LogP) is 4.68. The fraction of sp³-hybridized carbons (Fsp3) is 0.222. The number of aromatic carboxylic acids is 1. The summed E-state index contributed by atoms with van der Waals surface area (Å²) in [5.74, 6) is -7.05. The number of hydrogen-bond acceptors (Lipinski definition) is 4. The first-order valence-corrected chi connectivity index (χ1v) is 8.01. The number of alkyl halides is 7. The fourth-order valence-electron chi connectivity index (χ4n) is 2.00. The Morgan fingerprint density at radius 3 is 2.03 bits per heavy atom. The van der Waals surface area contributed by atoms with Crippen molar-refractivity contribution in [1.29, 1.82) is 0 Å². The van der Waals surface area contributed by atoms with Crippen LogP contribution in [0.1, 0.15) is 21.5 Å². The highest BCUT2D eigenvalue weighted by molar-refractivity contribution is 5.87. The van der Waals surface area contributed by atoms with Gasteiger partial charge < -0.3 is 9.84 Å². The van der Waals surface area contributed by atoms with Crippen molar-refractivity contribution in [3.63, 3.8) is 0 Å². The van der Waals surface area contributed by atoms with Crippen LogP contribution in [0.15, 0.2) is 53.6 Å². The second-order valence-electron chi connectivity index (χ2n) is 5.88. The molecular formula is C18H13F7N2O3. The van der Waals surface area contributed by atoms with Gasteiger partial charge in [0.05, 0.1) is 11.8 Å². The minimum Gasteiger partial charge on any atom is -0.489 e. The zero-order valence-corrected chi connectivity index (χ0v) is 14.8. The maximum atomic E-state index is 13.0. The summed E-state index contributed by atoms with van der Waals surface area (Å²) >= 11 is 0. The summed E-state index contributed by atoms with van der Waals surface area (Å²) in [5.41, 5.74) is 1.41. The number of carbonyl (C=O) groups is 1. The number of benzene rings is 2. The van der Waals surface area contributed by atoms with Crippen molar-refractivity contribution >= 4 is 12.2 Å². The van der Waals surface area contributed by atoms with Gasteiger partial charge in [-0.2, -0.15) is 35.8 Å². The Hall–Kier alpha value is -3.31. The molecule has 30 heavy (non-hydrogen) atoms. The van der Waals surface area contributed by atoms with Crippen LogP contribution >= 0.6 is 0 Å². The van der Waals surface area contributed by atoms with E-state index in [1.165, 1.54) is 36.4 Å². The third-order valence-electron chi connectivity index (χ3n) is 3.66. The Balaban J connectivity index is 1.93. The van der Waals surface area contributed by atoms with Crippen molar-refractivity contribution in [3.8, 4) is 5.75 Å². The van der Waals surface area contributed by atoms with Crippen molar-refractivity contribution in [2.75, 3.05) is 0 Å². The first kappa shape index (κ1) is 23.0. The van der Waals surface area contributed by atoms with Crippen LogP contribution in [0.25, 0.3) is 0 Å². The highest BCUT2D eigenvalue weighted by Crippen LogP contribution is 2.44. The monoisotopic (exact) mass is 438 g/mol. The zero-order chi connectivity index (χ0) is 22.6. The molecule has 2 N–H and O–H groups in total. The van der Waals surface area contributed by atoms with Crippen molar-refractivity contribution < 1.29 is 45.4 Å². The SMILES string of the molecule is O=C(O)c1ccc(COc2ccc(/C=N/NC(F)(F)C(F)(F)C(F)(F)F)cc2)cc1. The van der Waals surface area contributed by atoms with Crippen molar-refractivity contribution in [2.45, 2.75) is 24.8 Å². The average molecular weight is 438 g/mol. The number of nitrogens with zero attached hydrogens (tertiary/aromatic N) is 1. The lowest BCUT2D eigenvalue weighted by Gasteiger charge is -2.27. The van der Waals surface area contributed by atoms with E-state index in [-0.39, 0.29) is 17.7 Å². The third kappa shape index (κ3) is 5.39. The van der Waals surface area contributed by atoms with Gasteiger partial charge in [-0.25, -0.2) is 10.2 Å². The Morgan fingerprint density at radius 2 is 1.53 bits per heavy atom. The summed E-state index contributed by atoms with van der Waals surface area (Å²) < 4.78 is 93.0. The summed E-state index contributed by atoms with van der Waals surface area (Å²) in [5, 5.41) is 11.6. The van der Waals surface area contributed by atoms with E-state index in [0.29, 0.717) is 23.0 Å². The van der Waals surface area contributed by atoms with E-state index >= 15 is 0 Å². The summed E-state index contributed by atoms with van der Waals surface area (Å²) in [6.45, 7) is 0.0909. The van der Waals surface area contributed by atoms with E-state index in [1.54, 1.807) is 12.1 Å². The summed E-state index contributed by atoms with van der Waals surface area (Å²) in [6, 6.07) is 5.62. The van der Waals surface area contributed by atoms with Crippen LogP contribution in [0.3, 0.4) is 0 Å². The molecule has 0 fully saturated rings. The van der Waals surface area contributed by atoms with Gasteiger partial charge in [0.25, 0.3) is 0 Å². The lowest BCUT2D eigenvalue weighted by atomic mass is 10.1. The average Bonchev–Trinajstić information content (AvgIpc) is 2.66. The van der Waals surface area contributed by atoms with Crippen molar-refractivity contribution in [2.24, 2.45) is 5.10 Å². The summed E-state index contributed by atoms with van der Waals surface area (Å²) in [7, 11) is 0. The minimum absolute atomic E-state index is 0.0909. The molecule has 0 saturated heterocycles. The van der Waals surface area contributed by atoms with Crippen LogP contribution in [0, 0.1) is 0 Å². The second-order valence-corrected chi connectivity index (χ2v) is 5.88. The van der Waals surface area contributed by atoms with Gasteiger partial charge in [-0.1, -0.05) is 12.1 Å². The molecule has 0 radical (unpaired) electrons. The minimum atomic E-state index is -6.45. The highest BCUT2D eigenvalue weighted by Gasteiger charge is 2.73. The normalized spacial score (nSPS) is 12.8. The smallest absolute Gasteiger partial charge is 0.462 e. The Kier molecular flexibility index (Phi) is 6.58. The molecule has 0 unspecified atom stereocenters. The lowest BCUT2D eigenvalue weighted by molar-refractivity contribution is -0.361. The molecular weight excluding hydrogens is 425 g/mol. The molecule has 0 aromatic heterocycles. The molecule has 5 nitrogen and oxygen atoms in total. The standard InChI is InChI=1S/C18H13F7N2O3/c19-16(20,17(21,22)23)18(24,25)27-26-9-11-3-7-14(8-4-11)30-10-12-1-5-13(6-2-12)15(28)29/h1-9,27H,10H2,(H,28,29)/b26-9+. The molecule has 2 aromatic carbocycles. The van der Waals surface area contributed by atoms with Crippen LogP contribution in [0.2, 0.25) is 0 Å². The van der Waals surface area contributed by atoms with Crippen LogP contribution in [0.5, 0.6) is 5.75 Å². The van der Waals surface area contributed by atoms with Gasteiger partial charge in [0.15, 0.2) is 0 Å². The number of nitrogens with one attached hydrogen (secondary N) is 1. The summed E-state index contributed by atoms with van der Waals surface area (Å²) in [6.07, 6.45) is -5.82. The molecule has 0 aliphatic carbocycles. The zero-order valence-electron chi connectivity index (χ0n) is 14.8.